The molecule has 0 heterocycles. The fourth-order valence-corrected chi connectivity index (χ4v) is 7.73. The second kappa shape index (κ2) is 39.2. The van der Waals surface area contributed by atoms with E-state index < -0.39 is 0 Å². The first kappa shape index (κ1) is 44.0. The van der Waals surface area contributed by atoms with Crippen LogP contribution in [0.1, 0.15) is 232 Å². The minimum Gasteiger partial charge on any atom is -0.287 e. The first-order valence-corrected chi connectivity index (χ1v) is 22.0. The van der Waals surface area contributed by atoms with Gasteiger partial charge in [-0.2, -0.15) is 0 Å². The summed E-state index contributed by atoms with van der Waals surface area (Å²) < 4.78 is 0. The van der Waals surface area contributed by atoms with Gasteiger partial charge < -0.3 is 0 Å². The zero-order valence-corrected chi connectivity index (χ0v) is 31.7. The van der Waals surface area contributed by atoms with Crippen LogP contribution in [0.2, 0.25) is 0 Å². The van der Waals surface area contributed by atoms with Crippen molar-refractivity contribution < 1.29 is 9.59 Å². The molecule has 0 aromatic heterocycles. The molecule has 0 rings (SSSR count). The molecule has 4 heteroatoms. The summed E-state index contributed by atoms with van der Waals surface area (Å²) in [7, 11) is 0. The topological polar surface area (TPSA) is 34.1 Å². The smallest absolute Gasteiger partial charge is 0.188 e. The van der Waals surface area contributed by atoms with Crippen LogP contribution < -0.4 is 0 Å². The molecule has 0 radical (unpaired) electrons. The van der Waals surface area contributed by atoms with E-state index in [0.29, 0.717) is 10.2 Å². The molecule has 2 nitrogen and oxygen atoms in total. The van der Waals surface area contributed by atoms with Crippen LogP contribution in [0.5, 0.6) is 0 Å². The van der Waals surface area contributed by atoms with E-state index in [-0.39, 0.29) is 0 Å². The molecule has 262 valence electrons. The summed E-state index contributed by atoms with van der Waals surface area (Å²) in [4.78, 5) is 24.3. The Kier molecular flexibility index (Phi) is 39.3. The quantitative estimate of drug-likeness (QED) is 0.0624. The highest BCUT2D eigenvalue weighted by molar-refractivity contribution is 8.13. The van der Waals surface area contributed by atoms with Crippen LogP contribution in [0.15, 0.2) is 0 Å². The van der Waals surface area contributed by atoms with E-state index in [4.69, 9.17) is 0 Å². The third-order valence-corrected chi connectivity index (χ3v) is 11.1. The molecule has 0 unspecified atom stereocenters. The lowest BCUT2D eigenvalue weighted by Crippen LogP contribution is -1.95. The number of carbonyl (C=O) groups is 2. The Balaban J connectivity index is 3.23. The average Bonchev–Trinajstić information content (AvgIpc) is 3.02. The zero-order valence-electron chi connectivity index (χ0n) is 30.1. The molecule has 0 saturated carbocycles. The van der Waals surface area contributed by atoms with Gasteiger partial charge in [-0.05, 0) is 25.7 Å². The van der Waals surface area contributed by atoms with E-state index in [1.54, 1.807) is 23.5 Å². The Bertz CT molecular complexity index is 530. The van der Waals surface area contributed by atoms with Gasteiger partial charge in [0, 0.05) is 24.3 Å². The molecule has 0 spiro atoms. The summed E-state index contributed by atoms with van der Waals surface area (Å²) in [5.41, 5.74) is 0. The van der Waals surface area contributed by atoms with E-state index in [1.807, 2.05) is 0 Å². The Morgan fingerprint density at radius 3 is 0.750 bits per heavy atom. The SMILES string of the molecule is CCCCCCCCCCCCCCCC(=O)SCCCCCCCCSC(=O)CCCCCCCCCCCCCCC. The van der Waals surface area contributed by atoms with E-state index in [9.17, 15) is 9.59 Å². The molecule has 0 aliphatic carbocycles. The monoisotopic (exact) mass is 655 g/mol. The van der Waals surface area contributed by atoms with Gasteiger partial charge in [0.05, 0.1) is 0 Å². The van der Waals surface area contributed by atoms with Crippen LogP contribution in [0.4, 0.5) is 0 Å². The maximum Gasteiger partial charge on any atom is 0.188 e. The van der Waals surface area contributed by atoms with Gasteiger partial charge in [0.1, 0.15) is 0 Å². The third-order valence-electron chi connectivity index (χ3n) is 9.03. The number of hydrogen-bond acceptors (Lipinski definition) is 4. The van der Waals surface area contributed by atoms with E-state index >= 15 is 0 Å². The number of rotatable bonds is 37. The van der Waals surface area contributed by atoms with Crippen molar-refractivity contribution in [2.24, 2.45) is 0 Å². The van der Waals surface area contributed by atoms with Gasteiger partial charge in [-0.1, -0.05) is 217 Å². The second-order valence-corrected chi connectivity index (χ2v) is 15.9. The highest BCUT2D eigenvalue weighted by Crippen LogP contribution is 2.18. The zero-order chi connectivity index (χ0) is 32.0. The van der Waals surface area contributed by atoms with Gasteiger partial charge in [0.25, 0.3) is 0 Å². The molecule has 0 bridgehead atoms. The first-order chi connectivity index (χ1) is 21.7. The van der Waals surface area contributed by atoms with Gasteiger partial charge in [0.15, 0.2) is 10.2 Å². The number of carbonyl (C=O) groups excluding carboxylic acids is 2. The van der Waals surface area contributed by atoms with Crippen molar-refractivity contribution in [3.05, 3.63) is 0 Å². The Morgan fingerprint density at radius 1 is 0.295 bits per heavy atom. The molecule has 0 atom stereocenters. The van der Waals surface area contributed by atoms with E-state index in [2.05, 4.69) is 13.8 Å². The lowest BCUT2D eigenvalue weighted by molar-refractivity contribution is -0.111. The minimum absolute atomic E-state index is 0.411. The van der Waals surface area contributed by atoms with Crippen molar-refractivity contribution in [1.29, 1.82) is 0 Å². The highest BCUT2D eigenvalue weighted by Gasteiger charge is 2.04. The van der Waals surface area contributed by atoms with Crippen LogP contribution in [-0.4, -0.2) is 21.7 Å². The molecule has 0 aromatic rings. The average molecular weight is 655 g/mol. The van der Waals surface area contributed by atoms with Crippen LogP contribution in [0.3, 0.4) is 0 Å². The molecular weight excluding hydrogens is 577 g/mol. The van der Waals surface area contributed by atoms with Crippen molar-refractivity contribution in [1.82, 2.24) is 0 Å². The third kappa shape index (κ3) is 38.2. The summed E-state index contributed by atoms with van der Waals surface area (Å²) in [6, 6.07) is 0. The maximum atomic E-state index is 12.1. The van der Waals surface area contributed by atoms with Crippen molar-refractivity contribution in [3.63, 3.8) is 0 Å². The molecule has 0 aromatic carbocycles. The minimum atomic E-state index is 0.411. The summed E-state index contributed by atoms with van der Waals surface area (Å²) >= 11 is 3.15. The molecule has 44 heavy (non-hydrogen) atoms. The van der Waals surface area contributed by atoms with Crippen molar-refractivity contribution >= 4 is 33.8 Å². The van der Waals surface area contributed by atoms with Crippen molar-refractivity contribution in [2.75, 3.05) is 11.5 Å². The highest BCUT2D eigenvalue weighted by atomic mass is 32.2. The Morgan fingerprint density at radius 2 is 0.500 bits per heavy atom. The normalized spacial score (nSPS) is 11.4. The van der Waals surface area contributed by atoms with Crippen LogP contribution in [0.25, 0.3) is 0 Å². The van der Waals surface area contributed by atoms with E-state index in [0.717, 1.165) is 37.2 Å². The van der Waals surface area contributed by atoms with E-state index in [1.165, 1.54) is 193 Å². The second-order valence-electron chi connectivity index (χ2n) is 13.5. The van der Waals surface area contributed by atoms with Gasteiger partial charge >= 0.3 is 0 Å². The molecule has 0 aliphatic heterocycles. The summed E-state index contributed by atoms with van der Waals surface area (Å²) in [5, 5.41) is 0.821. The van der Waals surface area contributed by atoms with Crippen LogP contribution in [0, 0.1) is 0 Å². The molecule has 0 N–H and O–H groups in total. The molecule has 0 aliphatic rings. The van der Waals surface area contributed by atoms with Gasteiger partial charge in [0.2, 0.25) is 0 Å². The molecule has 0 saturated heterocycles. The molecule has 0 fully saturated rings. The van der Waals surface area contributed by atoms with Gasteiger partial charge in [-0.15, -0.1) is 0 Å². The lowest BCUT2D eigenvalue weighted by Gasteiger charge is -2.04. The predicted molar refractivity (Wildman–Crippen MR) is 203 cm³/mol. The fourth-order valence-electron chi connectivity index (χ4n) is 6.00. The summed E-state index contributed by atoms with van der Waals surface area (Å²) in [5.74, 6) is 2.00. The number of hydrogen-bond donors (Lipinski definition) is 0. The first-order valence-electron chi connectivity index (χ1n) is 20.0. The van der Waals surface area contributed by atoms with Crippen molar-refractivity contribution in [2.45, 2.75) is 232 Å². The maximum absolute atomic E-state index is 12.1. The molecule has 0 amide bonds. The predicted octanol–water partition coefficient (Wildman–Crippen LogP) is 14.8. The Labute approximate surface area is 286 Å². The van der Waals surface area contributed by atoms with Crippen LogP contribution in [-0.2, 0) is 9.59 Å². The summed E-state index contributed by atoms with van der Waals surface area (Å²) in [6.07, 6.45) is 44.2. The largest absolute Gasteiger partial charge is 0.287 e. The van der Waals surface area contributed by atoms with Gasteiger partial charge in [-0.25, -0.2) is 0 Å². The standard InChI is InChI=1S/C40H78O2S2/c1-3-5-7-9-11-13-15-17-19-21-23-27-31-35-39(41)43-37-33-29-25-26-30-34-38-44-40(42)36-32-28-24-22-20-18-16-14-12-10-8-6-4-2/h3-38H2,1-2H3. The summed E-state index contributed by atoms with van der Waals surface area (Å²) in [6.45, 7) is 4.57. The van der Waals surface area contributed by atoms with Crippen LogP contribution >= 0.6 is 23.5 Å². The fraction of sp³-hybridized carbons (Fsp3) is 0.950. The van der Waals surface area contributed by atoms with Crippen molar-refractivity contribution in [3.8, 4) is 0 Å². The molecular formula is C40H78O2S2. The Hall–Kier alpha value is 0.0400. The number of unbranched alkanes of at least 4 members (excludes halogenated alkanes) is 29. The number of thioether (sulfide) groups is 2. The lowest BCUT2D eigenvalue weighted by atomic mass is 10.0. The van der Waals surface area contributed by atoms with Gasteiger partial charge in [-0.3, -0.25) is 9.59 Å².